The van der Waals surface area contributed by atoms with E-state index in [-0.39, 0.29) is 24.0 Å². The normalized spacial score (nSPS) is 25.8. The van der Waals surface area contributed by atoms with Crippen molar-refractivity contribution in [2.75, 3.05) is 14.2 Å². The van der Waals surface area contributed by atoms with Gasteiger partial charge in [0, 0.05) is 6.42 Å². The number of hydrogen-bond donors (Lipinski definition) is 1. The number of esters is 2. The molecule has 7 nitrogen and oxygen atoms in total. The molecule has 1 N–H and O–H groups in total. The number of aliphatic carboxylic acids is 1. The quantitative estimate of drug-likeness (QED) is 0.571. The van der Waals surface area contributed by atoms with Gasteiger partial charge in [-0.3, -0.25) is 4.79 Å². The maximum atomic E-state index is 12.1. The highest BCUT2D eigenvalue weighted by molar-refractivity contribution is 6.05. The van der Waals surface area contributed by atoms with E-state index in [1.54, 1.807) is 24.3 Å². The van der Waals surface area contributed by atoms with E-state index in [1.807, 2.05) is 0 Å². The largest absolute Gasteiger partial charge is 0.481 e. The number of hydrogen-bond acceptors (Lipinski definition) is 6. The summed E-state index contributed by atoms with van der Waals surface area (Å²) in [4.78, 5) is 34.5. The van der Waals surface area contributed by atoms with Crippen LogP contribution in [0.1, 0.15) is 12.8 Å². The van der Waals surface area contributed by atoms with E-state index < -0.39 is 29.6 Å². The summed E-state index contributed by atoms with van der Waals surface area (Å²) in [6.45, 7) is 0. The minimum Gasteiger partial charge on any atom is -0.481 e. The number of carbonyl (C=O) groups is 3. The van der Waals surface area contributed by atoms with Gasteiger partial charge in [0.1, 0.15) is 11.7 Å². The lowest BCUT2D eigenvalue weighted by molar-refractivity contribution is -0.139. The molecule has 0 saturated heterocycles. The van der Waals surface area contributed by atoms with Crippen molar-refractivity contribution in [3.05, 3.63) is 35.5 Å². The van der Waals surface area contributed by atoms with Crippen LogP contribution in [0.3, 0.4) is 0 Å². The Hall–Kier alpha value is -2.41. The number of carboxylic acid groups (broad SMARTS) is 1. The molecule has 0 amide bonds. The smallest absolute Gasteiger partial charge is 0.338 e. The fourth-order valence-electron chi connectivity index (χ4n) is 2.51. The zero-order valence-electron chi connectivity index (χ0n) is 12.2. The van der Waals surface area contributed by atoms with Gasteiger partial charge >= 0.3 is 17.9 Å². The number of ether oxygens (including phenoxy) is 3. The third-order valence-corrected chi connectivity index (χ3v) is 3.47. The third-order valence-electron chi connectivity index (χ3n) is 3.47. The van der Waals surface area contributed by atoms with Crippen molar-refractivity contribution in [1.29, 1.82) is 0 Å². The Morgan fingerprint density at radius 1 is 1.32 bits per heavy atom. The molecule has 22 heavy (non-hydrogen) atoms. The summed E-state index contributed by atoms with van der Waals surface area (Å²) in [6, 6.07) is 0. The molecule has 2 bridgehead atoms. The van der Waals surface area contributed by atoms with Gasteiger partial charge in [0.2, 0.25) is 0 Å². The van der Waals surface area contributed by atoms with Gasteiger partial charge in [0.05, 0.1) is 25.4 Å². The molecule has 118 valence electrons. The summed E-state index contributed by atoms with van der Waals surface area (Å²) >= 11 is 0. The number of allylic oxidation sites excluding steroid dienone is 1. The molecule has 2 atom stereocenters. The van der Waals surface area contributed by atoms with Crippen molar-refractivity contribution in [3.8, 4) is 0 Å². The molecular formula is C15H16O7. The molecule has 0 fully saturated rings. The van der Waals surface area contributed by atoms with E-state index in [2.05, 4.69) is 0 Å². The molecule has 0 radical (unpaired) electrons. The maximum Gasteiger partial charge on any atom is 0.338 e. The van der Waals surface area contributed by atoms with Crippen LogP contribution in [-0.4, -0.2) is 48.9 Å². The lowest BCUT2D eigenvalue weighted by atomic mass is 9.86. The topological polar surface area (TPSA) is 99.1 Å². The summed E-state index contributed by atoms with van der Waals surface area (Å²) in [5, 5.41) is 8.64. The number of rotatable bonds is 6. The van der Waals surface area contributed by atoms with Gasteiger partial charge in [-0.15, -0.1) is 0 Å². The molecule has 0 aromatic rings. The van der Waals surface area contributed by atoms with Crippen molar-refractivity contribution < 1.29 is 33.7 Å². The average Bonchev–Trinajstić information content (AvgIpc) is 3.06. The fraction of sp³-hybridized carbons (Fsp3) is 0.400. The van der Waals surface area contributed by atoms with Crippen LogP contribution in [0, 0.1) is 0 Å². The van der Waals surface area contributed by atoms with E-state index in [0.29, 0.717) is 0 Å². The van der Waals surface area contributed by atoms with Crippen molar-refractivity contribution in [3.63, 3.8) is 0 Å². The van der Waals surface area contributed by atoms with Crippen molar-refractivity contribution in [2.24, 2.45) is 0 Å². The summed E-state index contributed by atoms with van der Waals surface area (Å²) in [7, 11) is 2.43. The molecule has 2 rings (SSSR count). The van der Waals surface area contributed by atoms with Crippen LogP contribution in [0.5, 0.6) is 0 Å². The number of carbonyl (C=O) groups excluding carboxylic acids is 2. The van der Waals surface area contributed by atoms with Crippen LogP contribution < -0.4 is 0 Å². The van der Waals surface area contributed by atoms with E-state index in [4.69, 9.17) is 19.3 Å². The van der Waals surface area contributed by atoms with Crippen LogP contribution >= 0.6 is 0 Å². The van der Waals surface area contributed by atoms with Crippen LogP contribution in [-0.2, 0) is 28.6 Å². The molecule has 0 spiro atoms. The van der Waals surface area contributed by atoms with Crippen LogP contribution in [0.25, 0.3) is 0 Å². The summed E-state index contributed by atoms with van der Waals surface area (Å²) in [6.07, 6.45) is 6.03. The Kier molecular flexibility index (Phi) is 4.46. The second kappa shape index (κ2) is 6.15. The highest BCUT2D eigenvalue weighted by Gasteiger charge is 2.53. The van der Waals surface area contributed by atoms with Gasteiger partial charge in [-0.1, -0.05) is 12.2 Å². The summed E-state index contributed by atoms with van der Waals surface area (Å²) in [5.41, 5.74) is -1.03. The van der Waals surface area contributed by atoms with Crippen LogP contribution in [0.2, 0.25) is 0 Å². The van der Waals surface area contributed by atoms with Crippen molar-refractivity contribution >= 4 is 17.9 Å². The predicted molar refractivity (Wildman–Crippen MR) is 73.8 cm³/mol. The van der Waals surface area contributed by atoms with Gasteiger partial charge in [0.25, 0.3) is 0 Å². The molecule has 0 unspecified atom stereocenters. The van der Waals surface area contributed by atoms with Crippen LogP contribution in [0.15, 0.2) is 35.5 Å². The van der Waals surface area contributed by atoms with E-state index >= 15 is 0 Å². The van der Waals surface area contributed by atoms with Crippen molar-refractivity contribution in [2.45, 2.75) is 24.5 Å². The van der Waals surface area contributed by atoms with Gasteiger partial charge in [0.15, 0.2) is 0 Å². The lowest BCUT2D eigenvalue weighted by Crippen LogP contribution is -2.30. The highest BCUT2D eigenvalue weighted by atomic mass is 16.6. The fourth-order valence-corrected chi connectivity index (χ4v) is 2.51. The van der Waals surface area contributed by atoms with Crippen LogP contribution in [0.4, 0.5) is 0 Å². The molecule has 2 heterocycles. The van der Waals surface area contributed by atoms with Gasteiger partial charge < -0.3 is 19.3 Å². The SMILES string of the molecule is COC(=O)C1=C(C(=O)OC)[C@]2(/C=C\CCC(=O)O)C=C[C@H]1O2. The second-order valence-electron chi connectivity index (χ2n) is 4.80. The molecule has 2 aliphatic rings. The number of fused-ring (bicyclic) bond motifs is 2. The van der Waals surface area contributed by atoms with Gasteiger partial charge in [-0.2, -0.15) is 0 Å². The third kappa shape index (κ3) is 2.67. The minimum absolute atomic E-state index is 0.0408. The molecule has 0 saturated carbocycles. The molecular weight excluding hydrogens is 292 g/mol. The molecule has 0 aliphatic carbocycles. The monoisotopic (exact) mass is 308 g/mol. The van der Waals surface area contributed by atoms with Gasteiger partial charge in [-0.05, 0) is 18.6 Å². The Balaban J connectivity index is 2.35. The minimum atomic E-state index is -1.21. The Bertz CT molecular complexity index is 599. The highest BCUT2D eigenvalue weighted by Crippen LogP contribution is 2.45. The Morgan fingerprint density at radius 2 is 2.00 bits per heavy atom. The Morgan fingerprint density at radius 3 is 2.59 bits per heavy atom. The first-order valence-corrected chi connectivity index (χ1v) is 6.63. The lowest BCUT2D eigenvalue weighted by Gasteiger charge is -2.21. The molecule has 2 aliphatic heterocycles. The molecule has 0 aromatic heterocycles. The zero-order valence-corrected chi connectivity index (χ0v) is 12.2. The average molecular weight is 308 g/mol. The zero-order chi connectivity index (χ0) is 16.3. The van der Waals surface area contributed by atoms with Crippen molar-refractivity contribution in [1.82, 2.24) is 0 Å². The number of methoxy groups -OCH3 is 2. The van der Waals surface area contributed by atoms with E-state index in [0.717, 1.165) is 0 Å². The molecule has 0 aromatic carbocycles. The summed E-state index contributed by atoms with van der Waals surface area (Å²) < 4.78 is 15.1. The van der Waals surface area contributed by atoms with E-state index in [9.17, 15) is 14.4 Å². The summed E-state index contributed by atoms with van der Waals surface area (Å²) in [5.74, 6) is -2.26. The second-order valence-corrected chi connectivity index (χ2v) is 4.80. The first-order valence-electron chi connectivity index (χ1n) is 6.63. The molecule has 7 heteroatoms. The number of carboxylic acids is 1. The van der Waals surface area contributed by atoms with Gasteiger partial charge in [-0.25, -0.2) is 9.59 Å². The standard InChI is InChI=1S/C15H16O7/c1-20-13(18)11-9-6-8-15(22-9,12(11)14(19)21-2)7-4-3-5-10(16)17/h4,6-9H,3,5H2,1-2H3,(H,16,17)/b7-4-/t9-,15+/m1/s1. The first kappa shape index (κ1) is 16.0. The first-order chi connectivity index (χ1) is 10.4. The van der Waals surface area contributed by atoms with E-state index in [1.165, 1.54) is 14.2 Å². The maximum absolute atomic E-state index is 12.1. The predicted octanol–water partition coefficient (Wildman–Crippen LogP) is 0.757. The Labute approximate surface area is 126 Å².